The second kappa shape index (κ2) is 6.99. The summed E-state index contributed by atoms with van der Waals surface area (Å²) >= 11 is 0. The predicted octanol–water partition coefficient (Wildman–Crippen LogP) is 3.52. The summed E-state index contributed by atoms with van der Waals surface area (Å²) in [5.41, 5.74) is 3.68. The molecule has 5 heteroatoms. The molecule has 0 N–H and O–H groups in total. The fourth-order valence-corrected chi connectivity index (χ4v) is 7.00. The summed E-state index contributed by atoms with van der Waals surface area (Å²) in [6.07, 6.45) is 4.03. The van der Waals surface area contributed by atoms with Gasteiger partial charge in [-0.2, -0.15) is 0 Å². The highest BCUT2D eigenvalue weighted by Crippen LogP contribution is 2.62. The lowest BCUT2D eigenvalue weighted by Crippen LogP contribution is -2.66. The summed E-state index contributed by atoms with van der Waals surface area (Å²) in [7, 11) is 3.89. The molecule has 0 unspecified atom stereocenters. The van der Waals surface area contributed by atoms with Gasteiger partial charge in [-0.1, -0.05) is 30.3 Å². The number of nitrogens with zero attached hydrogens (tertiary/aromatic N) is 1. The van der Waals surface area contributed by atoms with Gasteiger partial charge in [0, 0.05) is 22.6 Å². The van der Waals surface area contributed by atoms with Crippen molar-refractivity contribution in [2.75, 3.05) is 20.7 Å². The van der Waals surface area contributed by atoms with Crippen molar-refractivity contribution in [3.05, 3.63) is 59.2 Å². The zero-order valence-electron chi connectivity index (χ0n) is 18.2. The number of para-hydroxylation sites is 1. The summed E-state index contributed by atoms with van der Waals surface area (Å²) in [5.74, 6) is 2.10. The number of rotatable bonds is 4. The molecular weight excluding hydrogens is 390 g/mol. The Kier molecular flexibility index (Phi) is 4.32. The number of ether oxygens (including phenoxy) is 3. The van der Waals surface area contributed by atoms with Gasteiger partial charge in [0.1, 0.15) is 23.7 Å². The Balaban J connectivity index is 1.30. The molecule has 0 radical (unpaired) electrons. The van der Waals surface area contributed by atoms with Crippen LogP contribution in [0.15, 0.2) is 42.5 Å². The molecule has 2 heterocycles. The van der Waals surface area contributed by atoms with E-state index < -0.39 is 0 Å². The van der Waals surface area contributed by atoms with Crippen molar-refractivity contribution < 1.29 is 19.0 Å². The van der Waals surface area contributed by atoms with Crippen LogP contribution < -0.4 is 9.47 Å². The second-order valence-corrected chi connectivity index (χ2v) is 9.57. The Hall–Kier alpha value is -2.53. The Morgan fingerprint density at radius 2 is 2.06 bits per heavy atom. The molecule has 31 heavy (non-hydrogen) atoms. The van der Waals surface area contributed by atoms with Crippen molar-refractivity contribution in [3.63, 3.8) is 0 Å². The molecule has 2 aromatic rings. The topological polar surface area (TPSA) is 48.0 Å². The van der Waals surface area contributed by atoms with Crippen LogP contribution in [0.5, 0.6) is 11.5 Å². The van der Waals surface area contributed by atoms with Gasteiger partial charge in [0.2, 0.25) is 0 Å². The van der Waals surface area contributed by atoms with E-state index in [0.717, 1.165) is 49.3 Å². The highest BCUT2D eigenvalue weighted by Gasteiger charge is 2.65. The molecule has 162 valence electrons. The average Bonchev–Trinajstić information content (AvgIpc) is 3.12. The summed E-state index contributed by atoms with van der Waals surface area (Å²) in [4.78, 5) is 15.5. The Morgan fingerprint density at radius 3 is 2.94 bits per heavy atom. The van der Waals surface area contributed by atoms with Crippen LogP contribution in [0.3, 0.4) is 0 Å². The third-order valence-electron chi connectivity index (χ3n) is 8.25. The number of benzene rings is 2. The van der Waals surface area contributed by atoms with Gasteiger partial charge in [0.15, 0.2) is 0 Å². The first-order valence-electron chi connectivity index (χ1n) is 11.4. The highest BCUT2D eigenvalue weighted by molar-refractivity contribution is 5.74. The van der Waals surface area contributed by atoms with Crippen molar-refractivity contribution in [1.82, 2.24) is 4.90 Å². The van der Waals surface area contributed by atoms with E-state index in [1.54, 1.807) is 7.11 Å². The minimum absolute atomic E-state index is 0.0189. The number of hydrogen-bond donors (Lipinski definition) is 0. The van der Waals surface area contributed by atoms with Crippen LogP contribution in [-0.2, 0) is 27.8 Å². The zero-order chi connectivity index (χ0) is 21.2. The van der Waals surface area contributed by atoms with Gasteiger partial charge in [-0.15, -0.1) is 0 Å². The van der Waals surface area contributed by atoms with E-state index in [4.69, 9.17) is 14.2 Å². The zero-order valence-corrected chi connectivity index (χ0v) is 18.2. The van der Waals surface area contributed by atoms with Gasteiger partial charge < -0.3 is 19.1 Å². The first-order valence-corrected chi connectivity index (χ1v) is 11.4. The summed E-state index contributed by atoms with van der Waals surface area (Å²) in [6, 6.07) is 14.7. The third kappa shape index (κ3) is 2.68. The summed E-state index contributed by atoms with van der Waals surface area (Å²) in [6.45, 7) is 1.07. The molecular formula is C26H29NO4. The van der Waals surface area contributed by atoms with E-state index in [1.165, 1.54) is 11.1 Å². The Bertz CT molecular complexity index is 1040. The summed E-state index contributed by atoms with van der Waals surface area (Å²) < 4.78 is 18.1. The number of esters is 1. The van der Waals surface area contributed by atoms with Gasteiger partial charge >= 0.3 is 5.97 Å². The number of hydrogen-bond acceptors (Lipinski definition) is 5. The number of likely N-dealkylation sites (tertiary alicyclic amines) is 1. The number of carbonyl (C=O) groups is 1. The van der Waals surface area contributed by atoms with Crippen LogP contribution in [-0.4, -0.2) is 49.8 Å². The molecule has 1 saturated heterocycles. The lowest BCUT2D eigenvalue weighted by molar-refractivity contribution is -0.165. The van der Waals surface area contributed by atoms with Gasteiger partial charge in [0.25, 0.3) is 0 Å². The number of carbonyl (C=O) groups excluding carboxylic acids is 1. The Morgan fingerprint density at radius 1 is 1.19 bits per heavy atom. The molecule has 0 aromatic heterocycles. The highest BCUT2D eigenvalue weighted by atomic mass is 16.6. The van der Waals surface area contributed by atoms with Crippen molar-refractivity contribution in [2.45, 2.75) is 55.8 Å². The monoisotopic (exact) mass is 419 g/mol. The molecule has 6 rings (SSSR count). The normalized spacial score (nSPS) is 32.7. The van der Waals surface area contributed by atoms with Crippen LogP contribution >= 0.6 is 0 Å². The number of likely N-dealkylation sites (N-methyl/N-ethyl adjacent to an activating group) is 1. The first-order chi connectivity index (χ1) is 15.1. The molecule has 2 fully saturated rings. The van der Waals surface area contributed by atoms with Crippen LogP contribution in [0.2, 0.25) is 0 Å². The molecule has 5 atom stereocenters. The van der Waals surface area contributed by atoms with E-state index in [1.807, 2.05) is 24.3 Å². The van der Waals surface area contributed by atoms with E-state index in [2.05, 4.69) is 30.1 Å². The van der Waals surface area contributed by atoms with Crippen molar-refractivity contribution in [3.8, 4) is 11.5 Å². The SMILES string of the molecule is COc1ccccc1CC(=O)O[C@H]1CC[C@H]2[C@H]3Cc4cccc5c4[C@@]2(CCN3C)[C@H]1O5. The van der Waals surface area contributed by atoms with Crippen molar-refractivity contribution in [1.29, 1.82) is 0 Å². The number of piperidine rings is 1. The summed E-state index contributed by atoms with van der Waals surface area (Å²) in [5, 5.41) is 0. The van der Waals surface area contributed by atoms with Gasteiger partial charge in [-0.05, 0) is 62.9 Å². The van der Waals surface area contributed by atoms with E-state index >= 15 is 0 Å². The van der Waals surface area contributed by atoms with Crippen LogP contribution in [0, 0.1) is 5.92 Å². The average molecular weight is 420 g/mol. The molecule has 2 bridgehead atoms. The lowest BCUT2D eigenvalue weighted by atomic mass is 9.51. The minimum atomic E-state index is -0.208. The van der Waals surface area contributed by atoms with Gasteiger partial charge in [-0.25, -0.2) is 0 Å². The number of methoxy groups -OCH3 is 1. The molecule has 5 nitrogen and oxygen atoms in total. The van der Waals surface area contributed by atoms with Crippen molar-refractivity contribution >= 4 is 5.97 Å². The molecule has 2 aromatic carbocycles. The van der Waals surface area contributed by atoms with Crippen LogP contribution in [0.25, 0.3) is 0 Å². The molecule has 2 aliphatic carbocycles. The minimum Gasteiger partial charge on any atom is -0.496 e. The van der Waals surface area contributed by atoms with Gasteiger partial charge in [0.05, 0.1) is 13.5 Å². The lowest BCUT2D eigenvalue weighted by Gasteiger charge is -2.58. The van der Waals surface area contributed by atoms with E-state index in [9.17, 15) is 4.79 Å². The fourth-order valence-electron chi connectivity index (χ4n) is 7.00. The van der Waals surface area contributed by atoms with Gasteiger partial charge in [-0.3, -0.25) is 4.79 Å². The maximum atomic E-state index is 13.0. The van der Waals surface area contributed by atoms with Crippen molar-refractivity contribution in [2.24, 2.45) is 5.92 Å². The Labute approximate surface area is 183 Å². The molecule has 0 amide bonds. The molecule has 2 aliphatic heterocycles. The molecule has 4 aliphatic rings. The van der Waals surface area contributed by atoms with E-state index in [-0.39, 0.29) is 30.0 Å². The van der Waals surface area contributed by atoms with Crippen LogP contribution in [0.4, 0.5) is 0 Å². The maximum Gasteiger partial charge on any atom is 0.310 e. The molecule has 1 spiro atoms. The fraction of sp³-hybridized carbons (Fsp3) is 0.500. The maximum absolute atomic E-state index is 13.0. The second-order valence-electron chi connectivity index (χ2n) is 9.57. The quantitative estimate of drug-likeness (QED) is 0.710. The van der Waals surface area contributed by atoms with E-state index in [0.29, 0.717) is 12.0 Å². The smallest absolute Gasteiger partial charge is 0.310 e. The van der Waals surface area contributed by atoms with Crippen LogP contribution in [0.1, 0.15) is 36.0 Å². The standard InChI is InChI=1S/C26H29NO4/c1-27-13-12-26-18-10-11-22(30-23(28)15-16-6-3-4-8-20(16)29-2)25(26)31-21-9-5-7-17(24(21)26)14-19(18)27/h3-9,18-19,22,25H,10-15H2,1-2H3/t18-,19+,22-,25-,26-/m0/s1. The first kappa shape index (κ1) is 19.2. The third-order valence-corrected chi connectivity index (χ3v) is 8.25. The molecule has 1 saturated carbocycles. The predicted molar refractivity (Wildman–Crippen MR) is 117 cm³/mol. The largest absolute Gasteiger partial charge is 0.496 e.